The van der Waals surface area contributed by atoms with Crippen LogP contribution in [0, 0.1) is 0 Å². The molecule has 24 heavy (non-hydrogen) atoms. The molecule has 0 bridgehead atoms. The summed E-state index contributed by atoms with van der Waals surface area (Å²) in [7, 11) is 1.58. The second-order valence-corrected chi connectivity index (χ2v) is 7.24. The third kappa shape index (κ3) is 4.99. The third-order valence-corrected chi connectivity index (χ3v) is 3.88. The Morgan fingerprint density at radius 3 is 2.25 bits per heavy atom. The maximum atomic E-state index is 12.0. The number of carbonyl (C=O) groups excluding carboxylic acids is 1. The van der Waals surface area contributed by atoms with E-state index in [1.54, 1.807) is 31.4 Å². The van der Waals surface area contributed by atoms with Gasteiger partial charge in [-0.3, -0.25) is 0 Å². The molecule has 5 heteroatoms. The quantitative estimate of drug-likeness (QED) is 0.544. The molecule has 0 N–H and O–H groups in total. The second kappa shape index (κ2) is 7.71. The van der Waals surface area contributed by atoms with Gasteiger partial charge in [0.25, 0.3) is 0 Å². The highest BCUT2D eigenvalue weighted by Gasteiger charge is 2.20. The lowest BCUT2D eigenvalue weighted by atomic mass is 9.86. The van der Waals surface area contributed by atoms with Crippen molar-refractivity contribution in [2.24, 2.45) is 0 Å². The number of benzene rings is 2. The summed E-state index contributed by atoms with van der Waals surface area (Å²) in [5.41, 5.74) is 0.924. The van der Waals surface area contributed by atoms with Crippen molar-refractivity contribution in [3.63, 3.8) is 0 Å². The molecule has 0 aliphatic heterocycles. The summed E-state index contributed by atoms with van der Waals surface area (Å²) in [4.78, 5) is 12.0. The van der Waals surface area contributed by atoms with E-state index >= 15 is 0 Å². The minimum absolute atomic E-state index is 0.0982. The predicted octanol–water partition coefficient (Wildman–Crippen LogP) is 4.74. The van der Waals surface area contributed by atoms with Crippen molar-refractivity contribution < 1.29 is 19.0 Å². The van der Waals surface area contributed by atoms with E-state index in [2.05, 4.69) is 36.7 Å². The highest BCUT2D eigenvalue weighted by atomic mass is 79.9. The summed E-state index contributed by atoms with van der Waals surface area (Å²) >= 11 is 3.47. The molecule has 0 atom stereocenters. The van der Waals surface area contributed by atoms with Crippen molar-refractivity contribution in [3.05, 3.63) is 52.5 Å². The van der Waals surface area contributed by atoms with Gasteiger partial charge < -0.3 is 14.2 Å². The summed E-state index contributed by atoms with van der Waals surface area (Å²) in [6.07, 6.45) is 0. The van der Waals surface area contributed by atoms with Crippen molar-refractivity contribution in [2.45, 2.75) is 26.2 Å². The summed E-state index contributed by atoms with van der Waals surface area (Å²) in [6.45, 7) is 6.13. The number of hydrogen-bond donors (Lipinski definition) is 0. The summed E-state index contributed by atoms with van der Waals surface area (Å²) < 4.78 is 17.0. The molecule has 2 aromatic carbocycles. The van der Waals surface area contributed by atoms with Crippen molar-refractivity contribution in [1.29, 1.82) is 0 Å². The number of hydrogen-bond acceptors (Lipinski definition) is 4. The Labute approximate surface area is 150 Å². The first-order chi connectivity index (χ1) is 11.3. The number of rotatable bonds is 5. The SMILES string of the molecule is COc1ccc(OC(=O)COc2ccc(Br)cc2C(C)(C)C)cc1. The van der Waals surface area contributed by atoms with E-state index in [0.29, 0.717) is 17.2 Å². The number of halogens is 1. The zero-order valence-corrected chi connectivity index (χ0v) is 15.8. The second-order valence-electron chi connectivity index (χ2n) is 6.33. The van der Waals surface area contributed by atoms with Crippen LogP contribution in [0.25, 0.3) is 0 Å². The number of methoxy groups -OCH3 is 1. The maximum absolute atomic E-state index is 12.0. The zero-order valence-electron chi connectivity index (χ0n) is 14.3. The number of esters is 1. The molecule has 2 rings (SSSR count). The third-order valence-electron chi connectivity index (χ3n) is 3.39. The molecule has 4 nitrogen and oxygen atoms in total. The van der Waals surface area contributed by atoms with Crippen LogP contribution in [0.5, 0.6) is 17.2 Å². The van der Waals surface area contributed by atoms with Gasteiger partial charge >= 0.3 is 5.97 Å². The highest BCUT2D eigenvalue weighted by molar-refractivity contribution is 9.10. The first kappa shape index (κ1) is 18.3. The van der Waals surface area contributed by atoms with Crippen molar-refractivity contribution >= 4 is 21.9 Å². The molecule has 0 aliphatic rings. The van der Waals surface area contributed by atoms with Crippen LogP contribution in [-0.4, -0.2) is 19.7 Å². The minimum Gasteiger partial charge on any atom is -0.497 e. The molecule has 0 saturated heterocycles. The fraction of sp³-hybridized carbons (Fsp3) is 0.316. The molecular formula is C19H21BrO4. The van der Waals surface area contributed by atoms with Crippen molar-refractivity contribution in [2.75, 3.05) is 13.7 Å². The molecule has 0 aromatic heterocycles. The van der Waals surface area contributed by atoms with Crippen LogP contribution in [-0.2, 0) is 10.2 Å². The largest absolute Gasteiger partial charge is 0.497 e. The molecule has 0 spiro atoms. The summed E-state index contributed by atoms with van der Waals surface area (Å²) in [5, 5.41) is 0. The molecule has 2 aromatic rings. The average molecular weight is 393 g/mol. The molecule has 0 fully saturated rings. The van der Waals surface area contributed by atoms with Gasteiger partial charge in [0.15, 0.2) is 6.61 Å². The Morgan fingerprint density at radius 2 is 1.67 bits per heavy atom. The molecule has 0 amide bonds. The Morgan fingerprint density at radius 1 is 1.04 bits per heavy atom. The average Bonchev–Trinajstić information content (AvgIpc) is 2.53. The molecule has 0 radical (unpaired) electrons. The van der Waals surface area contributed by atoms with E-state index in [9.17, 15) is 4.79 Å². The lowest BCUT2D eigenvalue weighted by Gasteiger charge is -2.23. The Kier molecular flexibility index (Phi) is 5.89. The van der Waals surface area contributed by atoms with Gasteiger partial charge in [-0.25, -0.2) is 4.79 Å². The van der Waals surface area contributed by atoms with E-state index in [-0.39, 0.29) is 12.0 Å². The lowest BCUT2D eigenvalue weighted by Crippen LogP contribution is -2.20. The van der Waals surface area contributed by atoms with E-state index in [1.807, 2.05) is 18.2 Å². The van der Waals surface area contributed by atoms with Gasteiger partial charge in [0.2, 0.25) is 0 Å². The monoisotopic (exact) mass is 392 g/mol. The Balaban J connectivity index is 2.01. The van der Waals surface area contributed by atoms with Crippen LogP contribution in [0.4, 0.5) is 0 Å². The van der Waals surface area contributed by atoms with E-state index < -0.39 is 5.97 Å². The minimum atomic E-state index is -0.456. The fourth-order valence-corrected chi connectivity index (χ4v) is 2.52. The van der Waals surface area contributed by atoms with Crippen LogP contribution in [0.3, 0.4) is 0 Å². The Hall–Kier alpha value is -2.01. The fourth-order valence-electron chi connectivity index (χ4n) is 2.16. The summed E-state index contributed by atoms with van der Waals surface area (Å²) in [6, 6.07) is 12.6. The first-order valence-electron chi connectivity index (χ1n) is 7.57. The topological polar surface area (TPSA) is 44.8 Å². The number of carbonyl (C=O) groups is 1. The predicted molar refractivity (Wildman–Crippen MR) is 97.0 cm³/mol. The van der Waals surface area contributed by atoms with Gasteiger partial charge in [-0.2, -0.15) is 0 Å². The van der Waals surface area contributed by atoms with Gasteiger partial charge in [0, 0.05) is 10.0 Å². The van der Waals surface area contributed by atoms with Crippen molar-refractivity contribution in [1.82, 2.24) is 0 Å². The van der Waals surface area contributed by atoms with Gasteiger partial charge in [-0.05, 0) is 47.9 Å². The van der Waals surface area contributed by atoms with Crippen LogP contribution >= 0.6 is 15.9 Å². The van der Waals surface area contributed by atoms with Gasteiger partial charge in [-0.15, -0.1) is 0 Å². The lowest BCUT2D eigenvalue weighted by molar-refractivity contribution is -0.136. The van der Waals surface area contributed by atoms with Crippen LogP contribution in [0.2, 0.25) is 0 Å². The van der Waals surface area contributed by atoms with E-state index in [0.717, 1.165) is 10.0 Å². The molecule has 0 unspecified atom stereocenters. The molecule has 0 saturated carbocycles. The van der Waals surface area contributed by atoms with Crippen LogP contribution in [0.1, 0.15) is 26.3 Å². The number of ether oxygens (including phenoxy) is 3. The van der Waals surface area contributed by atoms with Crippen LogP contribution in [0.15, 0.2) is 46.9 Å². The van der Waals surface area contributed by atoms with Gasteiger partial charge in [0.1, 0.15) is 17.2 Å². The molecule has 128 valence electrons. The standard InChI is InChI=1S/C19H21BrO4/c1-19(2,3)16-11-13(20)5-10-17(16)23-12-18(21)24-15-8-6-14(22-4)7-9-15/h5-11H,12H2,1-4H3. The van der Waals surface area contributed by atoms with Crippen molar-refractivity contribution in [3.8, 4) is 17.2 Å². The normalized spacial score (nSPS) is 11.0. The maximum Gasteiger partial charge on any atom is 0.349 e. The molecule has 0 aliphatic carbocycles. The Bertz CT molecular complexity index is 702. The van der Waals surface area contributed by atoms with Gasteiger partial charge in [-0.1, -0.05) is 36.7 Å². The first-order valence-corrected chi connectivity index (χ1v) is 8.36. The van der Waals surface area contributed by atoms with E-state index in [4.69, 9.17) is 14.2 Å². The van der Waals surface area contributed by atoms with E-state index in [1.165, 1.54) is 0 Å². The smallest absolute Gasteiger partial charge is 0.349 e. The van der Waals surface area contributed by atoms with Crippen LogP contribution < -0.4 is 14.2 Å². The summed E-state index contributed by atoms with van der Waals surface area (Å²) in [5.74, 6) is 1.38. The zero-order chi connectivity index (χ0) is 17.7. The van der Waals surface area contributed by atoms with Gasteiger partial charge in [0.05, 0.1) is 7.11 Å². The molecular weight excluding hydrogens is 372 g/mol. The molecule has 0 heterocycles. The highest BCUT2D eigenvalue weighted by Crippen LogP contribution is 2.33.